The second-order valence-corrected chi connectivity index (χ2v) is 15.0. The fraction of sp³-hybridized carbons (Fsp3) is 0. The second kappa shape index (κ2) is 16.2. The predicted octanol–water partition coefficient (Wildman–Crippen LogP) is 16.5. The van der Waals surface area contributed by atoms with Crippen molar-refractivity contribution in [1.82, 2.24) is 0 Å². The number of fused-ring (bicyclic) bond motifs is 1. The van der Waals surface area contributed by atoms with Crippen LogP contribution in [-0.2, 0) is 0 Å². The van der Waals surface area contributed by atoms with Crippen molar-refractivity contribution in [3.8, 4) is 66.8 Å². The van der Waals surface area contributed by atoms with Gasteiger partial charge < -0.3 is 4.90 Å². The lowest BCUT2D eigenvalue weighted by molar-refractivity contribution is 0.628. The topological polar surface area (TPSA) is 3.24 Å². The summed E-state index contributed by atoms with van der Waals surface area (Å²) >= 11 is 0. The Labute approximate surface area is 350 Å². The van der Waals surface area contributed by atoms with Gasteiger partial charge in [0.1, 0.15) is 5.82 Å². The fourth-order valence-corrected chi connectivity index (χ4v) is 8.47. The zero-order chi connectivity index (χ0) is 40.3. The molecule has 0 aromatic heterocycles. The standard InChI is InChI=1S/C58H40FN/c59-48-33-25-45(26-34-48)54-23-11-17-47-18-12-24-55(58(47)54)46-31-39-51(40-32-46)60(49-35-27-42(28-36-49)41-13-3-1-4-14-41)50-37-29-44(30-38-50)53-20-8-10-22-57(53)56-21-9-7-19-52(56)43-15-5-2-6-16-43/h1-40H. The number of rotatable bonds is 9. The molecule has 0 N–H and O–H groups in total. The molecular formula is C58H40FN. The molecule has 0 heterocycles. The highest BCUT2D eigenvalue weighted by atomic mass is 19.1. The monoisotopic (exact) mass is 769 g/mol. The zero-order valence-electron chi connectivity index (χ0n) is 32.9. The van der Waals surface area contributed by atoms with E-state index in [1.807, 2.05) is 12.1 Å². The molecule has 0 amide bonds. The van der Waals surface area contributed by atoms with Gasteiger partial charge in [0.25, 0.3) is 0 Å². The van der Waals surface area contributed by atoms with Gasteiger partial charge in [-0.15, -0.1) is 0 Å². The van der Waals surface area contributed by atoms with Gasteiger partial charge in [-0.25, -0.2) is 4.39 Å². The van der Waals surface area contributed by atoms with Crippen LogP contribution >= 0.6 is 0 Å². The Kier molecular flexibility index (Phi) is 9.87. The van der Waals surface area contributed by atoms with Gasteiger partial charge >= 0.3 is 0 Å². The maximum absolute atomic E-state index is 13.9. The molecular weight excluding hydrogens is 730 g/mol. The first-order chi connectivity index (χ1) is 29.7. The summed E-state index contributed by atoms with van der Waals surface area (Å²) in [5, 5.41) is 2.29. The van der Waals surface area contributed by atoms with Gasteiger partial charge in [0.15, 0.2) is 0 Å². The minimum absolute atomic E-state index is 0.238. The van der Waals surface area contributed by atoms with Gasteiger partial charge in [0.2, 0.25) is 0 Å². The van der Waals surface area contributed by atoms with Crippen LogP contribution in [0.4, 0.5) is 21.5 Å². The molecule has 2 heteroatoms. The summed E-state index contributed by atoms with van der Waals surface area (Å²) in [6, 6.07) is 84.7. The normalized spacial score (nSPS) is 11.1. The lowest BCUT2D eigenvalue weighted by atomic mass is 9.89. The SMILES string of the molecule is Fc1ccc(-c2cccc3cccc(-c4ccc(N(c5ccc(-c6ccccc6)cc5)c5ccc(-c6ccccc6-c6ccccc6-c6ccccc6)cc5)cc4)c23)cc1. The Morgan fingerprint density at radius 3 is 1.02 bits per heavy atom. The van der Waals surface area contributed by atoms with E-state index in [4.69, 9.17) is 0 Å². The number of hydrogen-bond donors (Lipinski definition) is 0. The molecule has 1 nitrogen and oxygen atoms in total. The first-order valence-electron chi connectivity index (χ1n) is 20.4. The summed E-state index contributed by atoms with van der Waals surface area (Å²) in [7, 11) is 0. The third kappa shape index (κ3) is 7.16. The first kappa shape index (κ1) is 36.5. The Hall–Kier alpha value is -7.81. The third-order valence-electron chi connectivity index (χ3n) is 11.4. The molecule has 0 bridgehead atoms. The van der Waals surface area contributed by atoms with Crippen LogP contribution in [0.1, 0.15) is 0 Å². The summed E-state index contributed by atoms with van der Waals surface area (Å²) in [5.74, 6) is -0.238. The Balaban J connectivity index is 1.05. The van der Waals surface area contributed by atoms with Crippen LogP contribution in [0.15, 0.2) is 243 Å². The molecule has 0 fully saturated rings. The van der Waals surface area contributed by atoms with Crippen molar-refractivity contribution >= 4 is 27.8 Å². The average molecular weight is 770 g/mol. The van der Waals surface area contributed by atoms with E-state index in [0.717, 1.165) is 55.7 Å². The van der Waals surface area contributed by atoms with Crippen LogP contribution in [0.2, 0.25) is 0 Å². The quantitative estimate of drug-likeness (QED) is 0.141. The average Bonchev–Trinajstić information content (AvgIpc) is 3.33. The summed E-state index contributed by atoms with van der Waals surface area (Å²) in [4.78, 5) is 2.33. The Morgan fingerprint density at radius 1 is 0.233 bits per heavy atom. The number of hydrogen-bond acceptors (Lipinski definition) is 1. The smallest absolute Gasteiger partial charge is 0.123 e. The highest BCUT2D eigenvalue weighted by Gasteiger charge is 2.17. The van der Waals surface area contributed by atoms with Gasteiger partial charge in [-0.05, 0) is 126 Å². The summed E-state index contributed by atoms with van der Waals surface area (Å²) < 4.78 is 13.9. The molecule has 0 unspecified atom stereocenters. The molecule has 0 aliphatic carbocycles. The third-order valence-corrected chi connectivity index (χ3v) is 11.4. The van der Waals surface area contributed by atoms with E-state index < -0.39 is 0 Å². The van der Waals surface area contributed by atoms with Gasteiger partial charge in [-0.1, -0.05) is 194 Å². The minimum Gasteiger partial charge on any atom is -0.311 e. The van der Waals surface area contributed by atoms with Crippen LogP contribution in [-0.4, -0.2) is 0 Å². The highest BCUT2D eigenvalue weighted by molar-refractivity contribution is 6.06. The minimum atomic E-state index is -0.238. The summed E-state index contributed by atoms with van der Waals surface area (Å²) in [5.41, 5.74) is 17.0. The number of nitrogens with zero attached hydrogens (tertiary/aromatic N) is 1. The molecule has 10 rings (SSSR count). The zero-order valence-corrected chi connectivity index (χ0v) is 32.9. The van der Waals surface area contributed by atoms with Crippen molar-refractivity contribution in [2.45, 2.75) is 0 Å². The van der Waals surface area contributed by atoms with E-state index in [9.17, 15) is 4.39 Å². The highest BCUT2D eigenvalue weighted by Crippen LogP contribution is 2.42. The molecule has 10 aromatic rings. The van der Waals surface area contributed by atoms with Crippen LogP contribution < -0.4 is 4.90 Å². The molecule has 0 saturated carbocycles. The van der Waals surface area contributed by atoms with E-state index in [2.05, 4.69) is 223 Å². The van der Waals surface area contributed by atoms with Crippen LogP contribution in [0, 0.1) is 5.82 Å². The Bertz CT molecular complexity index is 3040. The van der Waals surface area contributed by atoms with E-state index in [1.54, 1.807) is 0 Å². The van der Waals surface area contributed by atoms with Gasteiger partial charge in [0.05, 0.1) is 0 Å². The van der Waals surface area contributed by atoms with Gasteiger partial charge in [-0.2, -0.15) is 0 Å². The van der Waals surface area contributed by atoms with Crippen molar-refractivity contribution < 1.29 is 4.39 Å². The molecule has 0 aliphatic heterocycles. The first-order valence-corrected chi connectivity index (χ1v) is 20.4. The molecule has 60 heavy (non-hydrogen) atoms. The lowest BCUT2D eigenvalue weighted by Crippen LogP contribution is -2.09. The lowest BCUT2D eigenvalue weighted by Gasteiger charge is -2.26. The van der Waals surface area contributed by atoms with Crippen molar-refractivity contribution in [1.29, 1.82) is 0 Å². The predicted molar refractivity (Wildman–Crippen MR) is 251 cm³/mol. The molecule has 10 aromatic carbocycles. The van der Waals surface area contributed by atoms with Crippen molar-refractivity contribution in [3.63, 3.8) is 0 Å². The van der Waals surface area contributed by atoms with Crippen LogP contribution in [0.5, 0.6) is 0 Å². The number of halogens is 1. The van der Waals surface area contributed by atoms with E-state index >= 15 is 0 Å². The molecule has 0 radical (unpaired) electrons. The Morgan fingerprint density at radius 2 is 0.550 bits per heavy atom. The molecule has 0 saturated heterocycles. The number of anilines is 3. The molecule has 0 spiro atoms. The second-order valence-electron chi connectivity index (χ2n) is 15.0. The summed E-state index contributed by atoms with van der Waals surface area (Å²) in [6.45, 7) is 0. The van der Waals surface area contributed by atoms with Crippen molar-refractivity contribution in [2.75, 3.05) is 4.90 Å². The maximum atomic E-state index is 13.9. The molecule has 284 valence electrons. The maximum Gasteiger partial charge on any atom is 0.123 e. The number of benzene rings is 10. The van der Waals surface area contributed by atoms with Crippen LogP contribution in [0.3, 0.4) is 0 Å². The van der Waals surface area contributed by atoms with Gasteiger partial charge in [-0.3, -0.25) is 0 Å². The fourth-order valence-electron chi connectivity index (χ4n) is 8.47. The van der Waals surface area contributed by atoms with Crippen LogP contribution in [0.25, 0.3) is 77.5 Å². The largest absolute Gasteiger partial charge is 0.311 e. The van der Waals surface area contributed by atoms with E-state index in [-0.39, 0.29) is 5.82 Å². The van der Waals surface area contributed by atoms with Crippen molar-refractivity contribution in [3.05, 3.63) is 248 Å². The molecule has 0 aliphatic rings. The van der Waals surface area contributed by atoms with E-state index in [0.29, 0.717) is 0 Å². The van der Waals surface area contributed by atoms with E-state index in [1.165, 1.54) is 51.1 Å². The molecule has 0 atom stereocenters. The van der Waals surface area contributed by atoms with Crippen molar-refractivity contribution in [2.24, 2.45) is 0 Å². The van der Waals surface area contributed by atoms with Gasteiger partial charge in [0, 0.05) is 17.1 Å². The summed E-state index contributed by atoms with van der Waals surface area (Å²) in [6.07, 6.45) is 0.